The Kier molecular flexibility index (Phi) is 4.48. The minimum atomic E-state index is -1.23. The molecule has 1 aliphatic heterocycles. The first kappa shape index (κ1) is 22.1. The number of nitrogens with zero attached hydrogens (tertiary/aromatic N) is 2. The predicted octanol–water partition coefficient (Wildman–Crippen LogP) is 4.92. The summed E-state index contributed by atoms with van der Waals surface area (Å²) >= 11 is 0. The van der Waals surface area contributed by atoms with Crippen LogP contribution in [-0.4, -0.2) is 22.5 Å². The molecule has 2 aliphatic carbocycles. The van der Waals surface area contributed by atoms with Gasteiger partial charge in [0.05, 0.1) is 33.3 Å². The molecule has 0 aromatic heterocycles. The molecule has 6 rings (SSSR count). The SMILES string of the molecule is C[C@]12C(=O)[C@](C)(C(c3ccccc3)=C1c1ccccc1)[C@H]1C(=O)N(c3cccc([N+](=O)[O-])c3)C(=O)[C@H]12. The summed E-state index contributed by atoms with van der Waals surface area (Å²) in [4.78, 5) is 53.9. The average Bonchev–Trinajstić information content (AvgIpc) is 3.34. The summed E-state index contributed by atoms with van der Waals surface area (Å²) < 4.78 is 0. The molecule has 3 aromatic carbocycles. The molecule has 1 heterocycles. The summed E-state index contributed by atoms with van der Waals surface area (Å²) in [5.74, 6) is -2.92. The molecule has 0 N–H and O–H groups in total. The molecule has 2 bridgehead atoms. The molecule has 7 heteroatoms. The Morgan fingerprint density at radius 1 is 0.722 bits per heavy atom. The number of anilines is 1. The van der Waals surface area contributed by atoms with Gasteiger partial charge in [-0.25, -0.2) is 4.90 Å². The molecule has 36 heavy (non-hydrogen) atoms. The quantitative estimate of drug-likeness (QED) is 0.301. The third-order valence-corrected chi connectivity index (χ3v) is 8.21. The van der Waals surface area contributed by atoms with Gasteiger partial charge in [-0.3, -0.25) is 24.5 Å². The number of carbonyl (C=O) groups is 3. The summed E-state index contributed by atoms with van der Waals surface area (Å²) in [6.07, 6.45) is 0. The first-order valence-electron chi connectivity index (χ1n) is 11.8. The summed E-state index contributed by atoms with van der Waals surface area (Å²) in [6, 6.07) is 24.6. The molecule has 0 unspecified atom stereocenters. The lowest BCUT2D eigenvalue weighted by Crippen LogP contribution is -2.40. The van der Waals surface area contributed by atoms with Crippen LogP contribution in [0.3, 0.4) is 0 Å². The maximum absolute atomic E-state index is 14.2. The van der Waals surface area contributed by atoms with Crippen molar-refractivity contribution in [1.82, 2.24) is 0 Å². The fourth-order valence-electron chi connectivity index (χ4n) is 6.81. The van der Waals surface area contributed by atoms with Crippen molar-refractivity contribution < 1.29 is 19.3 Å². The number of ketones is 1. The zero-order chi connectivity index (χ0) is 25.4. The minimum absolute atomic E-state index is 0.136. The molecule has 0 radical (unpaired) electrons. The molecule has 2 fully saturated rings. The van der Waals surface area contributed by atoms with Gasteiger partial charge < -0.3 is 0 Å². The van der Waals surface area contributed by atoms with Crippen LogP contribution in [0.5, 0.6) is 0 Å². The Bertz CT molecular complexity index is 1430. The Morgan fingerprint density at radius 2 is 1.19 bits per heavy atom. The second-order valence-electron chi connectivity index (χ2n) is 9.96. The van der Waals surface area contributed by atoms with Gasteiger partial charge in [-0.2, -0.15) is 0 Å². The molecule has 3 aliphatic rings. The molecular formula is C29H22N2O5. The number of hydrogen-bond donors (Lipinski definition) is 0. The average molecular weight is 479 g/mol. The minimum Gasteiger partial charge on any atom is -0.298 e. The van der Waals surface area contributed by atoms with Gasteiger partial charge in [0, 0.05) is 12.1 Å². The molecule has 2 amide bonds. The molecule has 4 atom stereocenters. The van der Waals surface area contributed by atoms with Gasteiger partial charge >= 0.3 is 0 Å². The highest BCUT2D eigenvalue weighted by Crippen LogP contribution is 2.73. The molecule has 1 saturated heterocycles. The number of imide groups is 1. The van der Waals surface area contributed by atoms with E-state index in [1.165, 1.54) is 24.3 Å². The van der Waals surface area contributed by atoms with Crippen molar-refractivity contribution in [3.63, 3.8) is 0 Å². The maximum atomic E-state index is 14.2. The highest BCUT2D eigenvalue weighted by Gasteiger charge is 2.78. The maximum Gasteiger partial charge on any atom is 0.271 e. The summed E-state index contributed by atoms with van der Waals surface area (Å²) in [7, 11) is 0. The van der Waals surface area contributed by atoms with Gasteiger partial charge in [-0.05, 0) is 42.2 Å². The van der Waals surface area contributed by atoms with E-state index in [0.717, 1.165) is 27.2 Å². The molecule has 3 aromatic rings. The van der Waals surface area contributed by atoms with Crippen LogP contribution in [0.25, 0.3) is 11.1 Å². The number of amides is 2. The third-order valence-electron chi connectivity index (χ3n) is 8.21. The fourth-order valence-corrected chi connectivity index (χ4v) is 6.81. The van der Waals surface area contributed by atoms with E-state index in [4.69, 9.17) is 0 Å². The first-order valence-corrected chi connectivity index (χ1v) is 11.8. The van der Waals surface area contributed by atoms with E-state index in [0.29, 0.717) is 0 Å². The third kappa shape index (κ3) is 2.54. The van der Waals surface area contributed by atoms with Gasteiger partial charge in [0.2, 0.25) is 11.8 Å². The monoisotopic (exact) mass is 478 g/mol. The van der Waals surface area contributed by atoms with Gasteiger partial charge in [-0.1, -0.05) is 66.7 Å². The van der Waals surface area contributed by atoms with E-state index >= 15 is 0 Å². The Morgan fingerprint density at radius 3 is 1.64 bits per heavy atom. The van der Waals surface area contributed by atoms with Gasteiger partial charge in [-0.15, -0.1) is 0 Å². The zero-order valence-electron chi connectivity index (χ0n) is 19.7. The van der Waals surface area contributed by atoms with E-state index in [9.17, 15) is 24.5 Å². The molecule has 178 valence electrons. The largest absolute Gasteiger partial charge is 0.298 e. The van der Waals surface area contributed by atoms with Crippen LogP contribution in [-0.2, 0) is 14.4 Å². The molecule has 0 spiro atoms. The molecular weight excluding hydrogens is 456 g/mol. The van der Waals surface area contributed by atoms with Crippen LogP contribution < -0.4 is 4.90 Å². The van der Waals surface area contributed by atoms with E-state index in [-0.39, 0.29) is 17.2 Å². The van der Waals surface area contributed by atoms with Crippen molar-refractivity contribution in [2.75, 3.05) is 4.90 Å². The van der Waals surface area contributed by atoms with Crippen molar-refractivity contribution in [3.8, 4) is 0 Å². The summed E-state index contributed by atoms with van der Waals surface area (Å²) in [5.41, 5.74) is 0.689. The van der Waals surface area contributed by atoms with Crippen molar-refractivity contribution >= 4 is 40.1 Å². The van der Waals surface area contributed by atoms with E-state index in [2.05, 4.69) is 0 Å². The van der Waals surface area contributed by atoms with Crippen LogP contribution in [0.4, 0.5) is 11.4 Å². The van der Waals surface area contributed by atoms with Crippen molar-refractivity contribution in [2.24, 2.45) is 22.7 Å². The van der Waals surface area contributed by atoms with Crippen molar-refractivity contribution in [1.29, 1.82) is 0 Å². The Labute approximate surface area is 207 Å². The second kappa shape index (κ2) is 7.31. The smallest absolute Gasteiger partial charge is 0.271 e. The lowest BCUT2D eigenvalue weighted by molar-refractivity contribution is -0.384. The standard InChI is InChI=1S/C29H22N2O5/c1-28-21(17-10-5-3-6-11-17)22(18-12-7-4-8-13-18)29(2,27(28)34)24-23(28)25(32)30(26(24)33)19-14-9-15-20(16-19)31(35)36/h3-16,23-24H,1-2H3/t23-,24+,28-,29+. The number of benzene rings is 3. The second-order valence-corrected chi connectivity index (χ2v) is 9.96. The van der Waals surface area contributed by atoms with E-state index in [1.54, 1.807) is 13.8 Å². The number of hydrogen-bond acceptors (Lipinski definition) is 5. The molecule has 1 saturated carbocycles. The number of nitro benzene ring substituents is 1. The lowest BCUT2D eigenvalue weighted by Gasteiger charge is -2.35. The number of carbonyl (C=O) groups excluding carboxylic acids is 3. The summed E-state index contributed by atoms with van der Waals surface area (Å²) in [5, 5.41) is 11.4. The topological polar surface area (TPSA) is 97.6 Å². The number of rotatable bonds is 4. The van der Waals surface area contributed by atoms with Gasteiger partial charge in [0.1, 0.15) is 0 Å². The first-order chi connectivity index (χ1) is 17.2. The lowest BCUT2D eigenvalue weighted by atomic mass is 9.63. The van der Waals surface area contributed by atoms with Crippen LogP contribution in [0, 0.1) is 32.8 Å². The van der Waals surface area contributed by atoms with Crippen molar-refractivity contribution in [2.45, 2.75) is 13.8 Å². The zero-order valence-corrected chi connectivity index (χ0v) is 19.7. The highest BCUT2D eigenvalue weighted by atomic mass is 16.6. The fraction of sp³-hybridized carbons (Fsp3) is 0.207. The normalized spacial score (nSPS) is 28.7. The van der Waals surface area contributed by atoms with Crippen LogP contribution in [0.1, 0.15) is 25.0 Å². The van der Waals surface area contributed by atoms with Crippen LogP contribution >= 0.6 is 0 Å². The van der Waals surface area contributed by atoms with E-state index in [1.807, 2.05) is 60.7 Å². The van der Waals surface area contributed by atoms with Crippen LogP contribution in [0.2, 0.25) is 0 Å². The number of nitro groups is 1. The van der Waals surface area contributed by atoms with Gasteiger partial charge in [0.25, 0.3) is 5.69 Å². The van der Waals surface area contributed by atoms with Gasteiger partial charge in [0.15, 0.2) is 5.78 Å². The molecule has 7 nitrogen and oxygen atoms in total. The number of fused-ring (bicyclic) bond motifs is 5. The highest BCUT2D eigenvalue weighted by molar-refractivity contribution is 6.34. The number of non-ortho nitro benzene ring substituents is 1. The Hall–Kier alpha value is -4.39. The Balaban J connectivity index is 1.60. The van der Waals surface area contributed by atoms with E-state index < -0.39 is 39.4 Å². The summed E-state index contributed by atoms with van der Waals surface area (Å²) in [6.45, 7) is 3.55. The number of Topliss-reactive ketones (excluding diaryl/α,β-unsaturated/α-hetero) is 1. The number of allylic oxidation sites excluding steroid dienone is 2. The van der Waals surface area contributed by atoms with Crippen molar-refractivity contribution in [3.05, 3.63) is 106 Å². The van der Waals surface area contributed by atoms with Crippen LogP contribution in [0.15, 0.2) is 84.9 Å². The predicted molar refractivity (Wildman–Crippen MR) is 133 cm³/mol.